The smallest absolute Gasteiger partial charge is 0.331 e. The Morgan fingerprint density at radius 3 is 2.38 bits per heavy atom. The SMILES string of the molecule is CCCC(=CC(=O)OCC)c1ccc(OC(C)CC)cc1. The van der Waals surface area contributed by atoms with Gasteiger partial charge in [-0.1, -0.05) is 32.4 Å². The first-order valence-corrected chi connectivity index (χ1v) is 7.75. The molecule has 0 aliphatic carbocycles. The number of benzene rings is 1. The van der Waals surface area contributed by atoms with Crippen molar-refractivity contribution < 1.29 is 14.3 Å². The van der Waals surface area contributed by atoms with Crippen LogP contribution in [0.1, 0.15) is 52.5 Å². The van der Waals surface area contributed by atoms with Crippen LogP contribution in [0.2, 0.25) is 0 Å². The van der Waals surface area contributed by atoms with E-state index in [-0.39, 0.29) is 12.1 Å². The molecule has 0 spiro atoms. The third-order valence-electron chi connectivity index (χ3n) is 3.24. The van der Waals surface area contributed by atoms with Gasteiger partial charge in [-0.2, -0.15) is 0 Å². The van der Waals surface area contributed by atoms with Gasteiger partial charge in [0.05, 0.1) is 12.7 Å². The molecule has 1 unspecified atom stereocenters. The highest BCUT2D eigenvalue weighted by Crippen LogP contribution is 2.23. The van der Waals surface area contributed by atoms with Gasteiger partial charge in [-0.05, 0) is 50.0 Å². The first-order chi connectivity index (χ1) is 10.1. The molecule has 0 saturated heterocycles. The maximum absolute atomic E-state index is 11.6. The molecule has 0 aromatic heterocycles. The molecule has 0 aliphatic heterocycles. The van der Waals surface area contributed by atoms with E-state index < -0.39 is 0 Å². The highest BCUT2D eigenvalue weighted by molar-refractivity contribution is 5.91. The summed E-state index contributed by atoms with van der Waals surface area (Å²) in [7, 11) is 0. The Labute approximate surface area is 128 Å². The third kappa shape index (κ3) is 6.03. The third-order valence-corrected chi connectivity index (χ3v) is 3.24. The summed E-state index contributed by atoms with van der Waals surface area (Å²) >= 11 is 0. The predicted molar refractivity (Wildman–Crippen MR) is 86.3 cm³/mol. The number of carbonyl (C=O) groups excluding carboxylic acids is 1. The van der Waals surface area contributed by atoms with E-state index in [9.17, 15) is 4.79 Å². The molecule has 1 aromatic carbocycles. The zero-order valence-electron chi connectivity index (χ0n) is 13.5. The quantitative estimate of drug-likeness (QED) is 0.518. The maximum Gasteiger partial charge on any atom is 0.331 e. The fourth-order valence-electron chi connectivity index (χ4n) is 1.96. The Morgan fingerprint density at radius 2 is 1.86 bits per heavy atom. The van der Waals surface area contributed by atoms with Crippen molar-refractivity contribution in [3.8, 4) is 5.75 Å². The Morgan fingerprint density at radius 1 is 1.19 bits per heavy atom. The van der Waals surface area contributed by atoms with Crippen molar-refractivity contribution in [3.63, 3.8) is 0 Å². The fraction of sp³-hybridized carbons (Fsp3) is 0.500. The molecule has 0 saturated carbocycles. The topological polar surface area (TPSA) is 35.5 Å². The lowest BCUT2D eigenvalue weighted by Crippen LogP contribution is -2.09. The molecule has 0 radical (unpaired) electrons. The van der Waals surface area contributed by atoms with E-state index in [2.05, 4.69) is 20.8 Å². The van der Waals surface area contributed by atoms with E-state index in [4.69, 9.17) is 9.47 Å². The van der Waals surface area contributed by atoms with Crippen molar-refractivity contribution in [2.45, 2.75) is 53.1 Å². The second-order valence-electron chi connectivity index (χ2n) is 5.03. The molecule has 116 valence electrons. The number of hydrogen-bond donors (Lipinski definition) is 0. The van der Waals surface area contributed by atoms with Crippen LogP contribution in [0.3, 0.4) is 0 Å². The van der Waals surface area contributed by atoms with E-state index in [1.54, 1.807) is 6.08 Å². The molecule has 1 aromatic rings. The molecule has 0 aliphatic rings. The average molecular weight is 290 g/mol. The predicted octanol–water partition coefficient (Wildman–Crippen LogP) is 4.61. The molecule has 1 rings (SSSR count). The van der Waals surface area contributed by atoms with Crippen LogP contribution in [0.4, 0.5) is 0 Å². The fourth-order valence-corrected chi connectivity index (χ4v) is 1.96. The Hall–Kier alpha value is -1.77. The summed E-state index contributed by atoms with van der Waals surface area (Å²) in [6, 6.07) is 7.91. The summed E-state index contributed by atoms with van der Waals surface area (Å²) < 4.78 is 10.8. The Balaban J connectivity index is 2.86. The van der Waals surface area contributed by atoms with Gasteiger partial charge in [0, 0.05) is 6.08 Å². The van der Waals surface area contributed by atoms with Gasteiger partial charge in [0.15, 0.2) is 0 Å². The summed E-state index contributed by atoms with van der Waals surface area (Å²) in [5, 5.41) is 0. The minimum atomic E-state index is -0.277. The van der Waals surface area contributed by atoms with Crippen LogP contribution in [0.5, 0.6) is 5.75 Å². The second-order valence-corrected chi connectivity index (χ2v) is 5.03. The molecule has 21 heavy (non-hydrogen) atoms. The lowest BCUT2D eigenvalue weighted by molar-refractivity contribution is -0.137. The Kier molecular flexibility index (Phi) is 7.59. The van der Waals surface area contributed by atoms with Crippen LogP contribution in [0.15, 0.2) is 30.3 Å². The van der Waals surface area contributed by atoms with Gasteiger partial charge >= 0.3 is 5.97 Å². The average Bonchev–Trinajstić information content (AvgIpc) is 2.48. The minimum Gasteiger partial charge on any atom is -0.491 e. The van der Waals surface area contributed by atoms with Crippen molar-refractivity contribution in [1.82, 2.24) is 0 Å². The monoisotopic (exact) mass is 290 g/mol. The number of ether oxygens (including phenoxy) is 2. The van der Waals surface area contributed by atoms with Crippen molar-refractivity contribution in [2.24, 2.45) is 0 Å². The summed E-state index contributed by atoms with van der Waals surface area (Å²) in [5.41, 5.74) is 2.05. The van der Waals surface area contributed by atoms with Crippen LogP contribution in [-0.2, 0) is 9.53 Å². The number of esters is 1. The van der Waals surface area contributed by atoms with E-state index in [1.807, 2.05) is 31.2 Å². The van der Waals surface area contributed by atoms with Crippen LogP contribution in [-0.4, -0.2) is 18.7 Å². The molecule has 0 fully saturated rings. The number of carbonyl (C=O) groups is 1. The van der Waals surface area contributed by atoms with Crippen molar-refractivity contribution in [2.75, 3.05) is 6.61 Å². The summed E-state index contributed by atoms with van der Waals surface area (Å²) in [4.78, 5) is 11.6. The van der Waals surface area contributed by atoms with Gasteiger partial charge in [0.2, 0.25) is 0 Å². The van der Waals surface area contributed by atoms with Crippen molar-refractivity contribution >= 4 is 11.5 Å². The van der Waals surface area contributed by atoms with Gasteiger partial charge in [-0.15, -0.1) is 0 Å². The normalized spacial score (nSPS) is 12.9. The molecule has 0 amide bonds. The number of rotatable bonds is 8. The summed E-state index contributed by atoms with van der Waals surface area (Å²) in [6.07, 6.45) is 4.62. The number of allylic oxidation sites excluding steroid dienone is 1. The van der Waals surface area contributed by atoms with Crippen molar-refractivity contribution in [1.29, 1.82) is 0 Å². The molecule has 3 heteroatoms. The van der Waals surface area contributed by atoms with Gasteiger partial charge in [-0.3, -0.25) is 0 Å². The molecular formula is C18H26O3. The van der Waals surface area contributed by atoms with Crippen molar-refractivity contribution in [3.05, 3.63) is 35.9 Å². The molecule has 1 atom stereocenters. The van der Waals surface area contributed by atoms with Crippen LogP contribution < -0.4 is 4.74 Å². The molecule has 3 nitrogen and oxygen atoms in total. The summed E-state index contributed by atoms with van der Waals surface area (Å²) in [6.45, 7) is 8.46. The van der Waals surface area contributed by atoms with E-state index >= 15 is 0 Å². The molecular weight excluding hydrogens is 264 g/mol. The van der Waals surface area contributed by atoms with E-state index in [1.165, 1.54) is 0 Å². The summed E-state index contributed by atoms with van der Waals surface area (Å²) in [5.74, 6) is 0.584. The standard InChI is InChI=1S/C18H26O3/c1-5-8-16(13-18(19)20-7-3)15-9-11-17(12-10-15)21-14(4)6-2/h9-14H,5-8H2,1-4H3. The lowest BCUT2D eigenvalue weighted by Gasteiger charge is -2.13. The molecule has 0 heterocycles. The van der Waals surface area contributed by atoms with Crippen LogP contribution in [0.25, 0.3) is 5.57 Å². The highest BCUT2D eigenvalue weighted by Gasteiger charge is 2.06. The lowest BCUT2D eigenvalue weighted by atomic mass is 10.0. The first-order valence-electron chi connectivity index (χ1n) is 7.75. The van der Waals surface area contributed by atoms with Gasteiger partial charge < -0.3 is 9.47 Å². The zero-order chi connectivity index (χ0) is 15.7. The van der Waals surface area contributed by atoms with Crippen LogP contribution >= 0.6 is 0 Å². The Bertz CT molecular complexity index is 460. The number of hydrogen-bond acceptors (Lipinski definition) is 3. The maximum atomic E-state index is 11.6. The minimum absolute atomic E-state index is 0.209. The van der Waals surface area contributed by atoms with E-state index in [0.29, 0.717) is 6.61 Å². The van der Waals surface area contributed by atoms with Crippen LogP contribution in [0, 0.1) is 0 Å². The van der Waals surface area contributed by atoms with Gasteiger partial charge in [-0.25, -0.2) is 4.79 Å². The highest BCUT2D eigenvalue weighted by atomic mass is 16.5. The van der Waals surface area contributed by atoms with E-state index in [0.717, 1.165) is 36.1 Å². The molecule has 0 N–H and O–H groups in total. The molecule has 0 bridgehead atoms. The first kappa shape index (κ1) is 17.3. The zero-order valence-corrected chi connectivity index (χ0v) is 13.5. The largest absolute Gasteiger partial charge is 0.491 e. The van der Waals surface area contributed by atoms with Gasteiger partial charge in [0.1, 0.15) is 5.75 Å². The van der Waals surface area contributed by atoms with Gasteiger partial charge in [0.25, 0.3) is 0 Å². The second kappa shape index (κ2) is 9.22.